The summed E-state index contributed by atoms with van der Waals surface area (Å²) < 4.78 is 11.3. The summed E-state index contributed by atoms with van der Waals surface area (Å²) >= 11 is 0. The summed E-state index contributed by atoms with van der Waals surface area (Å²) in [7, 11) is 0. The van der Waals surface area contributed by atoms with Crippen LogP contribution >= 0.6 is 0 Å². The molecule has 148 valence electrons. The first-order valence-corrected chi connectivity index (χ1v) is 9.49. The van der Waals surface area contributed by atoms with Crippen molar-refractivity contribution in [2.45, 2.75) is 33.3 Å². The third-order valence-corrected chi connectivity index (χ3v) is 4.65. The SMILES string of the molecule is Cc1ccc(OCCNC(=O)CCN2C(=O)C(C)Oc3ccccc32)c(C)c1. The number of nitrogens with one attached hydrogen (secondary N) is 1. The van der Waals surface area contributed by atoms with E-state index in [4.69, 9.17) is 9.47 Å². The molecule has 2 aromatic rings. The maximum atomic E-state index is 12.4. The molecule has 1 N–H and O–H groups in total. The van der Waals surface area contributed by atoms with Gasteiger partial charge in [-0.15, -0.1) is 0 Å². The summed E-state index contributed by atoms with van der Waals surface area (Å²) in [6.07, 6.45) is -0.333. The lowest BCUT2D eigenvalue weighted by atomic mass is 10.1. The van der Waals surface area contributed by atoms with Gasteiger partial charge in [0.2, 0.25) is 5.91 Å². The first-order valence-electron chi connectivity index (χ1n) is 9.49. The molecule has 0 saturated carbocycles. The van der Waals surface area contributed by atoms with Crippen LogP contribution in [0.3, 0.4) is 0 Å². The van der Waals surface area contributed by atoms with E-state index in [0.717, 1.165) is 11.3 Å². The highest BCUT2D eigenvalue weighted by Crippen LogP contribution is 2.33. The number of amides is 2. The Kier molecular flexibility index (Phi) is 6.19. The Hall–Kier alpha value is -3.02. The molecule has 0 saturated heterocycles. The van der Waals surface area contributed by atoms with Crippen molar-refractivity contribution in [3.63, 3.8) is 0 Å². The number of hydrogen-bond donors (Lipinski definition) is 1. The molecule has 6 heteroatoms. The van der Waals surface area contributed by atoms with E-state index in [-0.39, 0.29) is 18.2 Å². The highest BCUT2D eigenvalue weighted by Gasteiger charge is 2.31. The maximum absolute atomic E-state index is 12.4. The summed E-state index contributed by atoms with van der Waals surface area (Å²) in [5.41, 5.74) is 2.97. The fourth-order valence-electron chi connectivity index (χ4n) is 3.20. The molecule has 0 aliphatic carbocycles. The molecular formula is C22H26N2O4. The highest BCUT2D eigenvalue weighted by molar-refractivity contribution is 6.00. The van der Waals surface area contributed by atoms with E-state index >= 15 is 0 Å². The Balaban J connectivity index is 1.46. The van der Waals surface area contributed by atoms with Gasteiger partial charge in [0, 0.05) is 13.0 Å². The number of fused-ring (bicyclic) bond motifs is 1. The van der Waals surface area contributed by atoms with Gasteiger partial charge in [0.1, 0.15) is 18.1 Å². The lowest BCUT2D eigenvalue weighted by molar-refractivity contribution is -0.125. The van der Waals surface area contributed by atoms with Gasteiger partial charge in [-0.3, -0.25) is 9.59 Å². The van der Waals surface area contributed by atoms with Crippen LogP contribution in [0.15, 0.2) is 42.5 Å². The number of rotatable bonds is 7. The van der Waals surface area contributed by atoms with Crippen molar-refractivity contribution in [2.75, 3.05) is 24.6 Å². The minimum Gasteiger partial charge on any atom is -0.491 e. The zero-order chi connectivity index (χ0) is 20.1. The average Bonchev–Trinajstić information content (AvgIpc) is 2.67. The molecule has 1 unspecified atom stereocenters. The average molecular weight is 382 g/mol. The molecule has 28 heavy (non-hydrogen) atoms. The van der Waals surface area contributed by atoms with Gasteiger partial charge >= 0.3 is 0 Å². The first kappa shape index (κ1) is 19.7. The summed E-state index contributed by atoms with van der Waals surface area (Å²) in [6.45, 7) is 6.87. The molecule has 1 aliphatic heterocycles. The van der Waals surface area contributed by atoms with E-state index in [1.807, 2.05) is 50.2 Å². The zero-order valence-electron chi connectivity index (χ0n) is 16.5. The second-order valence-electron chi connectivity index (χ2n) is 6.94. The first-order chi connectivity index (χ1) is 13.5. The van der Waals surface area contributed by atoms with Crippen LogP contribution < -0.4 is 19.7 Å². The van der Waals surface area contributed by atoms with Crippen LogP contribution in [0.4, 0.5) is 5.69 Å². The number of hydrogen-bond acceptors (Lipinski definition) is 4. The second kappa shape index (κ2) is 8.78. The van der Waals surface area contributed by atoms with Gasteiger partial charge in [-0.05, 0) is 44.5 Å². The number of carbonyl (C=O) groups is 2. The van der Waals surface area contributed by atoms with Crippen LogP contribution in [-0.4, -0.2) is 37.6 Å². The van der Waals surface area contributed by atoms with Crippen molar-refractivity contribution in [3.8, 4) is 11.5 Å². The number of benzene rings is 2. The Morgan fingerprint density at radius 3 is 2.79 bits per heavy atom. The lowest BCUT2D eigenvalue weighted by Crippen LogP contribution is -2.45. The Labute approximate surface area is 165 Å². The minimum absolute atomic E-state index is 0.117. The topological polar surface area (TPSA) is 67.9 Å². The monoisotopic (exact) mass is 382 g/mol. The van der Waals surface area contributed by atoms with Crippen LogP contribution in [0.25, 0.3) is 0 Å². The van der Waals surface area contributed by atoms with Gasteiger partial charge in [-0.25, -0.2) is 0 Å². The molecule has 1 atom stereocenters. The van der Waals surface area contributed by atoms with Crippen LogP contribution in [0.5, 0.6) is 11.5 Å². The van der Waals surface area contributed by atoms with Crippen molar-refractivity contribution in [1.29, 1.82) is 0 Å². The smallest absolute Gasteiger partial charge is 0.267 e. The normalized spacial score (nSPS) is 15.6. The summed E-state index contributed by atoms with van der Waals surface area (Å²) in [4.78, 5) is 26.2. The molecule has 0 bridgehead atoms. The second-order valence-corrected chi connectivity index (χ2v) is 6.94. The molecule has 0 radical (unpaired) electrons. The van der Waals surface area contributed by atoms with Gasteiger partial charge < -0.3 is 19.7 Å². The van der Waals surface area contributed by atoms with E-state index in [1.165, 1.54) is 5.56 Å². The Morgan fingerprint density at radius 1 is 1.21 bits per heavy atom. The quantitative estimate of drug-likeness (QED) is 0.748. The van der Waals surface area contributed by atoms with Gasteiger partial charge in [0.15, 0.2) is 6.10 Å². The number of carbonyl (C=O) groups excluding carboxylic acids is 2. The van der Waals surface area contributed by atoms with Crippen LogP contribution in [0, 0.1) is 13.8 Å². The number of anilines is 1. The molecule has 0 spiro atoms. The predicted octanol–water partition coefficient (Wildman–Crippen LogP) is 3.00. The highest BCUT2D eigenvalue weighted by atomic mass is 16.5. The largest absolute Gasteiger partial charge is 0.491 e. The third-order valence-electron chi connectivity index (χ3n) is 4.65. The van der Waals surface area contributed by atoms with Crippen molar-refractivity contribution in [1.82, 2.24) is 5.32 Å². The standard InChI is InChI=1S/C22H26N2O4/c1-15-8-9-19(16(2)14-15)27-13-11-23-21(25)10-12-24-18-6-4-5-7-20(18)28-17(3)22(24)26/h4-9,14,17H,10-13H2,1-3H3,(H,23,25). The maximum Gasteiger partial charge on any atom is 0.267 e. The number of aryl methyl sites for hydroxylation is 2. The van der Waals surface area contributed by atoms with E-state index in [2.05, 4.69) is 11.4 Å². The molecule has 6 nitrogen and oxygen atoms in total. The Morgan fingerprint density at radius 2 is 2.00 bits per heavy atom. The van der Waals surface area contributed by atoms with Gasteiger partial charge in [-0.2, -0.15) is 0 Å². The molecule has 1 heterocycles. The van der Waals surface area contributed by atoms with E-state index < -0.39 is 6.10 Å². The summed E-state index contributed by atoms with van der Waals surface area (Å²) in [5, 5.41) is 2.84. The number of ether oxygens (including phenoxy) is 2. The van der Waals surface area contributed by atoms with Crippen molar-refractivity contribution in [2.24, 2.45) is 0 Å². The fourth-order valence-corrected chi connectivity index (χ4v) is 3.20. The van der Waals surface area contributed by atoms with Crippen LogP contribution in [-0.2, 0) is 9.59 Å². The van der Waals surface area contributed by atoms with Crippen molar-refractivity contribution < 1.29 is 19.1 Å². The fraction of sp³-hybridized carbons (Fsp3) is 0.364. The van der Waals surface area contributed by atoms with Crippen molar-refractivity contribution >= 4 is 17.5 Å². The molecule has 3 rings (SSSR count). The summed E-state index contributed by atoms with van der Waals surface area (Å²) in [5.74, 6) is 1.24. The summed E-state index contributed by atoms with van der Waals surface area (Å²) in [6, 6.07) is 13.4. The molecular weight excluding hydrogens is 356 g/mol. The van der Waals surface area contributed by atoms with Crippen LogP contribution in [0.1, 0.15) is 24.5 Å². The third kappa shape index (κ3) is 4.63. The van der Waals surface area contributed by atoms with Crippen molar-refractivity contribution in [3.05, 3.63) is 53.6 Å². The van der Waals surface area contributed by atoms with E-state index in [0.29, 0.717) is 31.1 Å². The minimum atomic E-state index is -0.552. The van der Waals surface area contributed by atoms with Crippen LogP contribution in [0.2, 0.25) is 0 Å². The molecule has 1 aliphatic rings. The predicted molar refractivity (Wildman–Crippen MR) is 108 cm³/mol. The molecule has 2 aromatic carbocycles. The molecule has 2 amide bonds. The van der Waals surface area contributed by atoms with E-state index in [1.54, 1.807) is 11.8 Å². The van der Waals surface area contributed by atoms with E-state index in [9.17, 15) is 9.59 Å². The zero-order valence-corrected chi connectivity index (χ0v) is 16.5. The lowest BCUT2D eigenvalue weighted by Gasteiger charge is -2.32. The molecule has 0 fully saturated rings. The number of para-hydroxylation sites is 2. The Bertz CT molecular complexity index is 865. The van der Waals surface area contributed by atoms with Gasteiger partial charge in [0.25, 0.3) is 5.91 Å². The van der Waals surface area contributed by atoms with Gasteiger partial charge in [0.05, 0.1) is 12.2 Å². The van der Waals surface area contributed by atoms with Gasteiger partial charge in [-0.1, -0.05) is 29.8 Å². The molecule has 0 aromatic heterocycles. The number of nitrogens with zero attached hydrogens (tertiary/aromatic N) is 1.